The predicted octanol–water partition coefficient (Wildman–Crippen LogP) is 2.36. The minimum Gasteiger partial charge on any atom is -0.478 e. The summed E-state index contributed by atoms with van der Waals surface area (Å²) in [6.45, 7) is 1.29. The van der Waals surface area contributed by atoms with Gasteiger partial charge in [0.15, 0.2) is 0 Å². The van der Waals surface area contributed by atoms with Crippen LogP contribution in [0.1, 0.15) is 15.9 Å². The van der Waals surface area contributed by atoms with Gasteiger partial charge in [-0.15, -0.1) is 0 Å². The number of carbonyl (C=O) groups is 2. The van der Waals surface area contributed by atoms with Gasteiger partial charge in [0.05, 0.1) is 5.56 Å². The number of carboxylic acid groups (broad SMARTS) is 1. The lowest BCUT2D eigenvalue weighted by Crippen LogP contribution is -2.32. The fraction of sp³-hybridized carbons (Fsp3) is 0.188. The van der Waals surface area contributed by atoms with E-state index in [1.165, 1.54) is 35.4 Å². The molecule has 1 aliphatic rings. The van der Waals surface area contributed by atoms with E-state index in [2.05, 4.69) is 4.98 Å². The average Bonchev–Trinajstić information content (AvgIpc) is 2.91. The maximum Gasteiger partial charge on any atom is 0.335 e. The van der Waals surface area contributed by atoms with Crippen molar-refractivity contribution in [2.45, 2.75) is 6.54 Å². The maximum atomic E-state index is 12.9. The van der Waals surface area contributed by atoms with Crippen molar-refractivity contribution in [1.82, 2.24) is 9.88 Å². The largest absolute Gasteiger partial charge is 0.478 e. The third-order valence-corrected chi connectivity index (χ3v) is 3.65. The summed E-state index contributed by atoms with van der Waals surface area (Å²) in [6, 6.07) is 8.48. The molecule has 2 aromatic rings. The van der Waals surface area contributed by atoms with Crippen molar-refractivity contribution >= 4 is 17.8 Å². The van der Waals surface area contributed by atoms with E-state index in [9.17, 15) is 14.0 Å². The van der Waals surface area contributed by atoms with Crippen LogP contribution < -0.4 is 4.90 Å². The number of carboxylic acids is 1. The second-order valence-corrected chi connectivity index (χ2v) is 5.19. The number of hydrogen-bond acceptors (Lipinski definition) is 3. The van der Waals surface area contributed by atoms with Gasteiger partial charge in [-0.25, -0.2) is 19.0 Å². The highest BCUT2D eigenvalue weighted by Gasteiger charge is 2.30. The molecule has 0 unspecified atom stereocenters. The number of aromatic nitrogens is 1. The normalized spacial score (nSPS) is 14.4. The van der Waals surface area contributed by atoms with Gasteiger partial charge in [-0.05, 0) is 29.8 Å². The Bertz CT molecular complexity index is 748. The molecule has 0 aliphatic carbocycles. The molecule has 1 aliphatic heterocycles. The van der Waals surface area contributed by atoms with Gasteiger partial charge < -0.3 is 10.0 Å². The van der Waals surface area contributed by atoms with E-state index in [0.29, 0.717) is 25.5 Å². The molecular formula is C16H14FN3O3. The van der Waals surface area contributed by atoms with E-state index in [1.807, 2.05) is 0 Å². The lowest BCUT2D eigenvalue weighted by molar-refractivity contribution is 0.0696. The van der Waals surface area contributed by atoms with Gasteiger partial charge in [0.25, 0.3) is 0 Å². The summed E-state index contributed by atoms with van der Waals surface area (Å²) in [5.41, 5.74) is 0.911. The summed E-state index contributed by atoms with van der Waals surface area (Å²) in [5.74, 6) is -1.07. The van der Waals surface area contributed by atoms with Gasteiger partial charge in [-0.3, -0.25) is 4.90 Å². The standard InChI is InChI=1S/C16H14FN3O3/c17-13-3-1-11(2-4-13)10-19-7-8-20(16(19)23)14-9-12(15(21)22)5-6-18-14/h1-6,9H,7-8,10H2,(H,21,22). The summed E-state index contributed by atoms with van der Waals surface area (Å²) in [6.07, 6.45) is 1.37. The minimum atomic E-state index is -1.07. The van der Waals surface area contributed by atoms with Gasteiger partial charge in [-0.2, -0.15) is 0 Å². The molecule has 1 N–H and O–H groups in total. The molecule has 6 nitrogen and oxygen atoms in total. The predicted molar refractivity (Wildman–Crippen MR) is 80.7 cm³/mol. The Morgan fingerprint density at radius 1 is 1.22 bits per heavy atom. The second kappa shape index (κ2) is 6.04. The monoisotopic (exact) mass is 315 g/mol. The van der Waals surface area contributed by atoms with Crippen LogP contribution in [0.2, 0.25) is 0 Å². The first-order valence-corrected chi connectivity index (χ1v) is 7.05. The van der Waals surface area contributed by atoms with Crippen molar-refractivity contribution in [3.05, 3.63) is 59.5 Å². The molecule has 1 aromatic carbocycles. The Morgan fingerprint density at radius 3 is 2.65 bits per heavy atom. The van der Waals surface area contributed by atoms with Crippen LogP contribution in [0.4, 0.5) is 15.0 Å². The average molecular weight is 315 g/mol. The molecule has 118 valence electrons. The number of carbonyl (C=O) groups excluding carboxylic acids is 1. The third kappa shape index (κ3) is 3.13. The summed E-state index contributed by atoms with van der Waals surface area (Å²) < 4.78 is 12.9. The Morgan fingerprint density at radius 2 is 1.96 bits per heavy atom. The van der Waals surface area contributed by atoms with Crippen LogP contribution in [0.5, 0.6) is 0 Å². The highest BCUT2D eigenvalue weighted by atomic mass is 19.1. The van der Waals surface area contributed by atoms with Crippen LogP contribution in [0.15, 0.2) is 42.6 Å². The van der Waals surface area contributed by atoms with Gasteiger partial charge in [0.2, 0.25) is 0 Å². The zero-order valence-electron chi connectivity index (χ0n) is 12.1. The van der Waals surface area contributed by atoms with Crippen LogP contribution in [-0.2, 0) is 6.54 Å². The summed E-state index contributed by atoms with van der Waals surface area (Å²) >= 11 is 0. The van der Waals surface area contributed by atoms with Crippen molar-refractivity contribution in [3.63, 3.8) is 0 Å². The van der Waals surface area contributed by atoms with E-state index in [0.717, 1.165) is 5.56 Å². The van der Waals surface area contributed by atoms with Crippen LogP contribution in [-0.4, -0.2) is 40.1 Å². The van der Waals surface area contributed by atoms with E-state index < -0.39 is 5.97 Å². The number of rotatable bonds is 4. The van der Waals surface area contributed by atoms with E-state index >= 15 is 0 Å². The first kappa shape index (κ1) is 15.0. The van der Waals surface area contributed by atoms with E-state index in [4.69, 9.17) is 5.11 Å². The molecule has 23 heavy (non-hydrogen) atoms. The van der Waals surface area contributed by atoms with Gasteiger partial charge in [0, 0.05) is 25.8 Å². The molecular weight excluding hydrogens is 301 g/mol. The third-order valence-electron chi connectivity index (χ3n) is 3.65. The zero-order chi connectivity index (χ0) is 16.4. The quantitative estimate of drug-likeness (QED) is 0.940. The second-order valence-electron chi connectivity index (χ2n) is 5.19. The van der Waals surface area contributed by atoms with Crippen LogP contribution >= 0.6 is 0 Å². The minimum absolute atomic E-state index is 0.0831. The number of benzene rings is 1. The van der Waals surface area contributed by atoms with E-state index in [1.54, 1.807) is 17.0 Å². The number of urea groups is 1. The van der Waals surface area contributed by atoms with Gasteiger partial charge in [-0.1, -0.05) is 12.1 Å². The Hall–Kier alpha value is -2.96. The Balaban J connectivity index is 1.75. The zero-order valence-corrected chi connectivity index (χ0v) is 12.1. The SMILES string of the molecule is O=C(O)c1ccnc(N2CCN(Cc3ccc(F)cc3)C2=O)c1. The number of aromatic carboxylic acids is 1. The van der Waals surface area contributed by atoms with Crippen molar-refractivity contribution in [2.75, 3.05) is 18.0 Å². The van der Waals surface area contributed by atoms with Crippen LogP contribution in [0.25, 0.3) is 0 Å². The summed E-state index contributed by atoms with van der Waals surface area (Å²) in [5, 5.41) is 9.01. The highest BCUT2D eigenvalue weighted by Crippen LogP contribution is 2.20. The Kier molecular flexibility index (Phi) is 3.92. The summed E-state index contributed by atoms with van der Waals surface area (Å²) in [7, 11) is 0. The smallest absolute Gasteiger partial charge is 0.335 e. The van der Waals surface area contributed by atoms with Crippen molar-refractivity contribution in [3.8, 4) is 0 Å². The summed E-state index contributed by atoms with van der Waals surface area (Å²) in [4.78, 5) is 30.6. The number of anilines is 1. The number of pyridine rings is 1. The molecule has 3 rings (SSSR count). The maximum absolute atomic E-state index is 12.9. The van der Waals surface area contributed by atoms with Crippen molar-refractivity contribution in [1.29, 1.82) is 0 Å². The van der Waals surface area contributed by atoms with Gasteiger partial charge >= 0.3 is 12.0 Å². The molecule has 2 heterocycles. The first-order chi connectivity index (χ1) is 11.0. The molecule has 1 aromatic heterocycles. The molecule has 0 spiro atoms. The number of amides is 2. The molecule has 2 amide bonds. The number of hydrogen-bond donors (Lipinski definition) is 1. The lowest BCUT2D eigenvalue weighted by Gasteiger charge is -2.18. The first-order valence-electron chi connectivity index (χ1n) is 7.05. The fourth-order valence-electron chi connectivity index (χ4n) is 2.45. The Labute approximate surface area is 131 Å². The lowest BCUT2D eigenvalue weighted by atomic mass is 10.2. The molecule has 1 fully saturated rings. The molecule has 0 bridgehead atoms. The number of nitrogens with zero attached hydrogens (tertiary/aromatic N) is 3. The fourth-order valence-corrected chi connectivity index (χ4v) is 2.45. The number of halogens is 1. The van der Waals surface area contributed by atoms with Crippen LogP contribution in [0, 0.1) is 5.82 Å². The van der Waals surface area contributed by atoms with Crippen LogP contribution in [0.3, 0.4) is 0 Å². The molecule has 1 saturated heterocycles. The molecule has 0 atom stereocenters. The topological polar surface area (TPSA) is 73.7 Å². The van der Waals surface area contributed by atoms with Gasteiger partial charge in [0.1, 0.15) is 11.6 Å². The van der Waals surface area contributed by atoms with Crippen molar-refractivity contribution < 1.29 is 19.1 Å². The van der Waals surface area contributed by atoms with E-state index in [-0.39, 0.29) is 17.4 Å². The molecule has 7 heteroatoms. The highest BCUT2D eigenvalue weighted by molar-refractivity contribution is 5.95. The van der Waals surface area contributed by atoms with Crippen molar-refractivity contribution in [2.24, 2.45) is 0 Å². The molecule has 0 saturated carbocycles. The molecule has 0 radical (unpaired) electrons.